The van der Waals surface area contributed by atoms with E-state index in [1.807, 2.05) is 46.3 Å². The van der Waals surface area contributed by atoms with Crippen LogP contribution >= 0.6 is 11.3 Å². The number of para-hydroxylation sites is 2. The Kier molecular flexibility index (Phi) is 3.00. The number of imidazole rings is 1. The van der Waals surface area contributed by atoms with E-state index in [9.17, 15) is 5.11 Å². The summed E-state index contributed by atoms with van der Waals surface area (Å²) in [5.74, 6) is 0.771. The van der Waals surface area contributed by atoms with Gasteiger partial charge in [-0.05, 0) is 29.6 Å². The van der Waals surface area contributed by atoms with Crippen molar-refractivity contribution in [2.24, 2.45) is 0 Å². The van der Waals surface area contributed by atoms with Crippen LogP contribution in [0.3, 0.4) is 0 Å². The van der Waals surface area contributed by atoms with Crippen LogP contribution in [0, 0.1) is 0 Å². The molecule has 0 radical (unpaired) electrons. The Labute approximate surface area is 109 Å². The Morgan fingerprint density at radius 3 is 2.89 bits per heavy atom. The molecule has 3 aromatic rings. The van der Waals surface area contributed by atoms with Gasteiger partial charge in [-0.25, -0.2) is 4.98 Å². The molecule has 0 aliphatic heterocycles. The maximum Gasteiger partial charge on any atom is 0.209 e. The van der Waals surface area contributed by atoms with Crippen molar-refractivity contribution in [1.82, 2.24) is 9.55 Å². The third-order valence-corrected chi connectivity index (χ3v) is 3.52. The molecule has 2 N–H and O–H groups in total. The summed E-state index contributed by atoms with van der Waals surface area (Å²) in [5.41, 5.74) is 1.97. The highest BCUT2D eigenvalue weighted by atomic mass is 32.1. The fourth-order valence-electron chi connectivity index (χ4n) is 1.96. The normalized spacial score (nSPS) is 10.9. The van der Waals surface area contributed by atoms with Crippen molar-refractivity contribution in [3.05, 3.63) is 41.8 Å². The summed E-state index contributed by atoms with van der Waals surface area (Å²) in [6.45, 7) is 0.633. The Morgan fingerprint density at radius 1 is 1.22 bits per heavy atom. The van der Waals surface area contributed by atoms with Crippen LogP contribution in [0.4, 0.5) is 10.9 Å². The Bertz CT molecular complexity index is 645. The highest BCUT2D eigenvalue weighted by Crippen LogP contribution is 2.24. The molecule has 0 fully saturated rings. The van der Waals surface area contributed by atoms with Crippen LogP contribution in [-0.2, 0) is 6.54 Å². The fourth-order valence-corrected chi connectivity index (χ4v) is 2.57. The molecule has 0 aliphatic carbocycles. The van der Waals surface area contributed by atoms with E-state index in [1.54, 1.807) is 11.3 Å². The third-order valence-electron chi connectivity index (χ3n) is 2.73. The molecule has 0 saturated heterocycles. The molecular formula is C13H13N3OS. The van der Waals surface area contributed by atoms with E-state index in [4.69, 9.17) is 0 Å². The van der Waals surface area contributed by atoms with Gasteiger partial charge in [-0.2, -0.15) is 0 Å². The largest absolute Gasteiger partial charge is 0.395 e. The van der Waals surface area contributed by atoms with E-state index in [0.717, 1.165) is 22.0 Å². The minimum Gasteiger partial charge on any atom is -0.395 e. The van der Waals surface area contributed by atoms with Gasteiger partial charge in [0.25, 0.3) is 0 Å². The number of aliphatic hydroxyl groups is 1. The van der Waals surface area contributed by atoms with Crippen molar-refractivity contribution in [2.75, 3.05) is 11.9 Å². The van der Waals surface area contributed by atoms with Gasteiger partial charge in [0, 0.05) is 6.54 Å². The van der Waals surface area contributed by atoms with Crippen LogP contribution in [0.5, 0.6) is 0 Å². The van der Waals surface area contributed by atoms with Crippen LogP contribution in [0.1, 0.15) is 0 Å². The number of fused-ring (bicyclic) bond motifs is 1. The topological polar surface area (TPSA) is 50.1 Å². The number of aromatic nitrogens is 2. The fraction of sp³-hybridized carbons (Fsp3) is 0.154. The summed E-state index contributed by atoms with van der Waals surface area (Å²) in [5, 5.41) is 15.5. The van der Waals surface area contributed by atoms with Crippen molar-refractivity contribution < 1.29 is 5.11 Å². The zero-order chi connectivity index (χ0) is 12.4. The van der Waals surface area contributed by atoms with Gasteiger partial charge in [-0.1, -0.05) is 12.1 Å². The molecule has 2 aromatic heterocycles. The first-order valence-corrected chi connectivity index (χ1v) is 6.63. The van der Waals surface area contributed by atoms with E-state index in [-0.39, 0.29) is 6.61 Å². The van der Waals surface area contributed by atoms with Gasteiger partial charge in [0.05, 0.1) is 22.6 Å². The predicted molar refractivity (Wildman–Crippen MR) is 74.4 cm³/mol. The standard InChI is InChI=1S/C13H13N3OS/c17-8-7-16-11-5-2-1-4-10(11)14-13(16)15-12-6-3-9-18-12/h1-6,9,17H,7-8H2,(H,14,15). The van der Waals surface area contributed by atoms with Gasteiger partial charge in [0.1, 0.15) is 0 Å². The average Bonchev–Trinajstić information content (AvgIpc) is 3.00. The number of rotatable bonds is 4. The third kappa shape index (κ3) is 1.98. The molecule has 1 aromatic carbocycles. The monoisotopic (exact) mass is 259 g/mol. The molecule has 0 aliphatic rings. The van der Waals surface area contributed by atoms with Crippen molar-refractivity contribution in [3.63, 3.8) is 0 Å². The first-order chi connectivity index (χ1) is 8.88. The number of aliphatic hydroxyl groups excluding tert-OH is 1. The number of anilines is 2. The lowest BCUT2D eigenvalue weighted by atomic mass is 10.3. The zero-order valence-electron chi connectivity index (χ0n) is 9.71. The van der Waals surface area contributed by atoms with Crippen LogP contribution < -0.4 is 5.32 Å². The number of hydrogen-bond donors (Lipinski definition) is 2. The summed E-state index contributed by atoms with van der Waals surface area (Å²) >= 11 is 1.63. The number of nitrogens with zero attached hydrogens (tertiary/aromatic N) is 2. The molecule has 92 valence electrons. The van der Waals surface area contributed by atoms with Gasteiger partial charge in [-0.15, -0.1) is 11.3 Å². The quantitative estimate of drug-likeness (QED) is 0.757. The first kappa shape index (κ1) is 11.3. The molecule has 5 heteroatoms. The van der Waals surface area contributed by atoms with E-state index in [0.29, 0.717) is 6.54 Å². The van der Waals surface area contributed by atoms with E-state index in [2.05, 4.69) is 10.3 Å². The molecule has 4 nitrogen and oxygen atoms in total. The lowest BCUT2D eigenvalue weighted by molar-refractivity contribution is 0.278. The number of thiophene rings is 1. The molecule has 0 atom stereocenters. The first-order valence-electron chi connectivity index (χ1n) is 5.75. The van der Waals surface area contributed by atoms with Gasteiger partial charge in [0.15, 0.2) is 0 Å². The molecule has 2 heterocycles. The van der Waals surface area contributed by atoms with Gasteiger partial charge in [0.2, 0.25) is 5.95 Å². The second-order valence-electron chi connectivity index (χ2n) is 3.90. The summed E-state index contributed by atoms with van der Waals surface area (Å²) < 4.78 is 2.00. The second kappa shape index (κ2) is 4.80. The van der Waals surface area contributed by atoms with E-state index < -0.39 is 0 Å². The summed E-state index contributed by atoms with van der Waals surface area (Å²) in [7, 11) is 0. The summed E-state index contributed by atoms with van der Waals surface area (Å²) in [4.78, 5) is 4.55. The highest BCUT2D eigenvalue weighted by molar-refractivity contribution is 7.14. The second-order valence-corrected chi connectivity index (χ2v) is 4.85. The maximum absolute atomic E-state index is 9.17. The van der Waals surface area contributed by atoms with E-state index >= 15 is 0 Å². The molecule has 0 spiro atoms. The summed E-state index contributed by atoms with van der Waals surface area (Å²) in [6, 6.07) is 11.9. The van der Waals surface area contributed by atoms with Crippen molar-refractivity contribution in [1.29, 1.82) is 0 Å². The van der Waals surface area contributed by atoms with E-state index in [1.165, 1.54) is 0 Å². The molecule has 0 unspecified atom stereocenters. The molecule has 0 amide bonds. The van der Waals surface area contributed by atoms with Crippen LogP contribution in [0.25, 0.3) is 11.0 Å². The minimum absolute atomic E-state index is 0.0967. The van der Waals surface area contributed by atoms with Gasteiger partial charge < -0.3 is 15.0 Å². The number of hydrogen-bond acceptors (Lipinski definition) is 4. The van der Waals surface area contributed by atoms with Crippen LogP contribution in [0.15, 0.2) is 41.8 Å². The summed E-state index contributed by atoms with van der Waals surface area (Å²) in [6.07, 6.45) is 0. The van der Waals surface area contributed by atoms with Gasteiger partial charge in [-0.3, -0.25) is 0 Å². The molecule has 0 saturated carbocycles. The smallest absolute Gasteiger partial charge is 0.209 e. The van der Waals surface area contributed by atoms with Crippen molar-refractivity contribution >= 4 is 33.3 Å². The maximum atomic E-state index is 9.17. The SMILES string of the molecule is OCCn1c(Nc2cccs2)nc2ccccc21. The lowest BCUT2D eigenvalue weighted by Gasteiger charge is -2.07. The number of benzene rings is 1. The molecule has 0 bridgehead atoms. The Balaban J connectivity index is 2.06. The Morgan fingerprint density at radius 2 is 2.11 bits per heavy atom. The van der Waals surface area contributed by atoms with Crippen LogP contribution in [0.2, 0.25) is 0 Å². The average molecular weight is 259 g/mol. The lowest BCUT2D eigenvalue weighted by Crippen LogP contribution is -2.06. The van der Waals surface area contributed by atoms with Crippen molar-refractivity contribution in [2.45, 2.75) is 6.54 Å². The molecule has 3 rings (SSSR count). The predicted octanol–water partition coefficient (Wildman–Crippen LogP) is 2.83. The molecule has 18 heavy (non-hydrogen) atoms. The Hall–Kier alpha value is -1.85. The zero-order valence-corrected chi connectivity index (χ0v) is 10.5. The van der Waals surface area contributed by atoms with Gasteiger partial charge >= 0.3 is 0 Å². The number of nitrogens with one attached hydrogen (secondary N) is 1. The molecular weight excluding hydrogens is 246 g/mol. The van der Waals surface area contributed by atoms with Crippen molar-refractivity contribution in [3.8, 4) is 0 Å². The minimum atomic E-state index is 0.0967. The van der Waals surface area contributed by atoms with Crippen LogP contribution in [-0.4, -0.2) is 21.3 Å². The highest BCUT2D eigenvalue weighted by Gasteiger charge is 2.10.